The number of H-pyrrole nitrogens is 2. The molecular formula is C23H22N6O2. The van der Waals surface area contributed by atoms with Crippen molar-refractivity contribution in [3.8, 4) is 33.6 Å². The number of aromatic carboxylic acids is 1. The van der Waals surface area contributed by atoms with Crippen LogP contribution < -0.4 is 0 Å². The maximum atomic E-state index is 11.5. The van der Waals surface area contributed by atoms with Crippen LogP contribution in [0.2, 0.25) is 0 Å². The number of carboxylic acids is 1. The molecule has 1 aliphatic carbocycles. The van der Waals surface area contributed by atoms with E-state index < -0.39 is 5.97 Å². The third kappa shape index (κ3) is 3.72. The van der Waals surface area contributed by atoms with E-state index in [0.717, 1.165) is 35.2 Å². The average molecular weight is 414 g/mol. The van der Waals surface area contributed by atoms with E-state index in [2.05, 4.69) is 55.1 Å². The molecule has 0 atom stereocenters. The summed E-state index contributed by atoms with van der Waals surface area (Å²) in [6.45, 7) is 0. The summed E-state index contributed by atoms with van der Waals surface area (Å²) >= 11 is 0. The van der Waals surface area contributed by atoms with Gasteiger partial charge in [0.1, 0.15) is 11.4 Å². The fraction of sp³-hybridized carbons (Fsp3) is 0.261. The minimum absolute atomic E-state index is 0.0562. The molecule has 2 aromatic heterocycles. The number of rotatable bonds is 5. The van der Waals surface area contributed by atoms with Crippen LogP contribution >= 0.6 is 0 Å². The maximum absolute atomic E-state index is 11.5. The van der Waals surface area contributed by atoms with Crippen molar-refractivity contribution >= 4 is 5.97 Å². The molecule has 3 N–H and O–H groups in total. The quantitative estimate of drug-likeness (QED) is 0.436. The van der Waals surface area contributed by atoms with Crippen LogP contribution in [0.1, 0.15) is 54.1 Å². The Bertz CT molecular complexity index is 1190. The molecule has 0 radical (unpaired) electrons. The molecule has 0 unspecified atom stereocenters. The summed E-state index contributed by atoms with van der Waals surface area (Å²) in [5.41, 5.74) is 6.43. The SMILES string of the molecule is O=C(O)c1n[nH]nc1-c1ccc(-c2ccc(-c3cn[nH]n3)cc2)c(C2CCCCC2)c1. The van der Waals surface area contributed by atoms with Gasteiger partial charge in [-0.2, -0.15) is 25.7 Å². The molecule has 8 nitrogen and oxygen atoms in total. The molecular weight excluding hydrogens is 392 g/mol. The van der Waals surface area contributed by atoms with Gasteiger partial charge < -0.3 is 5.11 Å². The zero-order valence-electron chi connectivity index (χ0n) is 16.9. The van der Waals surface area contributed by atoms with Gasteiger partial charge in [0.2, 0.25) is 0 Å². The molecule has 1 fully saturated rings. The van der Waals surface area contributed by atoms with E-state index in [0.29, 0.717) is 11.6 Å². The standard InChI is InChI=1S/C23H22N6O2/c30-23(31)22-21(26-29-27-22)17-10-11-18(19(12-17)14-4-2-1-3-5-14)15-6-8-16(9-7-15)20-13-24-28-25-20/h6-14H,1-5H2,(H,30,31)(H,24,25,28)(H,26,27,29). The molecule has 1 aliphatic rings. The molecule has 5 rings (SSSR count). The lowest BCUT2D eigenvalue weighted by Gasteiger charge is -2.25. The summed E-state index contributed by atoms with van der Waals surface area (Å²) in [6.07, 6.45) is 7.67. The smallest absolute Gasteiger partial charge is 0.358 e. The van der Waals surface area contributed by atoms with Gasteiger partial charge in [-0.25, -0.2) is 4.79 Å². The molecule has 0 spiro atoms. The van der Waals surface area contributed by atoms with Gasteiger partial charge in [0.25, 0.3) is 0 Å². The Morgan fingerprint density at radius 1 is 0.871 bits per heavy atom. The molecule has 0 amide bonds. The summed E-state index contributed by atoms with van der Waals surface area (Å²) in [6, 6.07) is 14.4. The van der Waals surface area contributed by atoms with E-state index >= 15 is 0 Å². The summed E-state index contributed by atoms with van der Waals surface area (Å²) in [5.74, 6) is -0.644. The number of carboxylic acid groups (broad SMARTS) is 1. The first-order chi connectivity index (χ1) is 15.2. The van der Waals surface area contributed by atoms with E-state index in [4.69, 9.17) is 0 Å². The van der Waals surface area contributed by atoms with Crippen LogP contribution in [0.15, 0.2) is 48.7 Å². The second-order valence-electron chi connectivity index (χ2n) is 7.90. The van der Waals surface area contributed by atoms with Crippen LogP contribution in [-0.2, 0) is 0 Å². The second-order valence-corrected chi connectivity index (χ2v) is 7.90. The maximum Gasteiger partial charge on any atom is 0.358 e. The third-order valence-electron chi connectivity index (χ3n) is 6.03. The van der Waals surface area contributed by atoms with Crippen molar-refractivity contribution in [1.82, 2.24) is 30.8 Å². The third-order valence-corrected chi connectivity index (χ3v) is 6.03. The lowest BCUT2D eigenvalue weighted by molar-refractivity contribution is 0.0691. The number of hydrogen-bond acceptors (Lipinski definition) is 5. The first kappa shape index (κ1) is 19.2. The average Bonchev–Trinajstić information content (AvgIpc) is 3.52. The van der Waals surface area contributed by atoms with Crippen molar-refractivity contribution in [3.63, 3.8) is 0 Å². The highest BCUT2D eigenvalue weighted by Crippen LogP contribution is 2.40. The second kappa shape index (κ2) is 8.14. The Balaban J connectivity index is 1.58. The summed E-state index contributed by atoms with van der Waals surface area (Å²) in [4.78, 5) is 11.5. The van der Waals surface area contributed by atoms with Crippen LogP contribution in [0.5, 0.6) is 0 Å². The zero-order chi connectivity index (χ0) is 21.2. The summed E-state index contributed by atoms with van der Waals surface area (Å²) in [5, 5.41) is 30.5. The van der Waals surface area contributed by atoms with E-state index in [1.807, 2.05) is 18.2 Å². The van der Waals surface area contributed by atoms with Crippen molar-refractivity contribution in [2.75, 3.05) is 0 Å². The van der Waals surface area contributed by atoms with Crippen LogP contribution in [0.25, 0.3) is 33.6 Å². The molecule has 156 valence electrons. The summed E-state index contributed by atoms with van der Waals surface area (Å²) < 4.78 is 0. The number of benzene rings is 2. The van der Waals surface area contributed by atoms with Gasteiger partial charge in [0.05, 0.1) is 6.20 Å². The topological polar surface area (TPSA) is 120 Å². The molecule has 1 saturated carbocycles. The molecule has 0 aliphatic heterocycles. The first-order valence-corrected chi connectivity index (χ1v) is 10.5. The Kier molecular flexibility index (Phi) is 5.03. The largest absolute Gasteiger partial charge is 0.476 e. The van der Waals surface area contributed by atoms with Gasteiger partial charge in [0, 0.05) is 11.1 Å². The highest BCUT2D eigenvalue weighted by molar-refractivity contribution is 5.92. The normalized spacial score (nSPS) is 14.6. The number of aromatic nitrogens is 6. The predicted octanol–water partition coefficient (Wildman–Crippen LogP) is 4.67. The Labute approximate surface area is 178 Å². The Hall–Kier alpha value is -3.81. The molecule has 2 aromatic carbocycles. The lowest BCUT2D eigenvalue weighted by Crippen LogP contribution is -2.07. The van der Waals surface area contributed by atoms with E-state index in [1.54, 1.807) is 6.20 Å². The summed E-state index contributed by atoms with van der Waals surface area (Å²) in [7, 11) is 0. The van der Waals surface area contributed by atoms with Crippen LogP contribution in [0, 0.1) is 0 Å². The highest BCUT2D eigenvalue weighted by atomic mass is 16.4. The van der Waals surface area contributed by atoms with Gasteiger partial charge >= 0.3 is 5.97 Å². The van der Waals surface area contributed by atoms with E-state index in [1.165, 1.54) is 30.4 Å². The van der Waals surface area contributed by atoms with Crippen molar-refractivity contribution < 1.29 is 9.90 Å². The van der Waals surface area contributed by atoms with Gasteiger partial charge in [-0.15, -0.1) is 5.10 Å². The molecule has 31 heavy (non-hydrogen) atoms. The van der Waals surface area contributed by atoms with E-state index in [9.17, 15) is 9.90 Å². The molecule has 0 bridgehead atoms. The molecule has 0 saturated heterocycles. The molecule has 4 aromatic rings. The fourth-order valence-corrected chi connectivity index (χ4v) is 4.47. The van der Waals surface area contributed by atoms with Crippen LogP contribution in [0.4, 0.5) is 0 Å². The zero-order valence-corrected chi connectivity index (χ0v) is 16.9. The van der Waals surface area contributed by atoms with Gasteiger partial charge in [-0.05, 0) is 41.5 Å². The minimum Gasteiger partial charge on any atom is -0.476 e. The highest BCUT2D eigenvalue weighted by Gasteiger charge is 2.23. The number of hydrogen-bond donors (Lipinski definition) is 3. The Morgan fingerprint density at radius 3 is 2.32 bits per heavy atom. The van der Waals surface area contributed by atoms with Crippen molar-refractivity contribution in [1.29, 1.82) is 0 Å². The number of nitrogens with one attached hydrogen (secondary N) is 2. The molecule has 2 heterocycles. The van der Waals surface area contributed by atoms with Crippen LogP contribution in [0.3, 0.4) is 0 Å². The number of nitrogens with zero attached hydrogens (tertiary/aromatic N) is 4. The van der Waals surface area contributed by atoms with Gasteiger partial charge in [-0.1, -0.05) is 55.7 Å². The fourth-order valence-electron chi connectivity index (χ4n) is 4.47. The number of carbonyl (C=O) groups is 1. The monoisotopic (exact) mass is 414 g/mol. The van der Waals surface area contributed by atoms with E-state index in [-0.39, 0.29) is 5.69 Å². The van der Waals surface area contributed by atoms with Crippen molar-refractivity contribution in [2.45, 2.75) is 38.0 Å². The minimum atomic E-state index is -1.09. The Morgan fingerprint density at radius 2 is 1.61 bits per heavy atom. The molecule has 8 heteroatoms. The van der Waals surface area contributed by atoms with Crippen LogP contribution in [-0.4, -0.2) is 41.9 Å². The first-order valence-electron chi connectivity index (χ1n) is 10.5. The lowest BCUT2D eigenvalue weighted by atomic mass is 9.80. The number of aromatic amines is 2. The van der Waals surface area contributed by atoms with Crippen molar-refractivity contribution in [3.05, 3.63) is 59.9 Å². The van der Waals surface area contributed by atoms with Gasteiger partial charge in [-0.3, -0.25) is 0 Å². The predicted molar refractivity (Wildman–Crippen MR) is 115 cm³/mol. The van der Waals surface area contributed by atoms with Gasteiger partial charge in [0.15, 0.2) is 5.69 Å². The van der Waals surface area contributed by atoms with Crippen molar-refractivity contribution in [2.24, 2.45) is 0 Å².